The first-order chi connectivity index (χ1) is 8.79. The highest BCUT2D eigenvalue weighted by molar-refractivity contribution is 5.84. The fraction of sp³-hybridized carbons (Fsp3) is 0.500. The Morgan fingerprint density at radius 1 is 1.22 bits per heavy atom. The summed E-state index contributed by atoms with van der Waals surface area (Å²) >= 11 is 0. The normalized spacial score (nSPS) is 23.4. The van der Waals surface area contributed by atoms with Crippen molar-refractivity contribution in [2.75, 3.05) is 12.4 Å². The quantitative estimate of drug-likeness (QED) is 0.864. The molecule has 0 aliphatic heterocycles. The minimum atomic E-state index is -0.367. The van der Waals surface area contributed by atoms with Crippen LogP contribution in [0, 0.1) is 0 Å². The highest BCUT2D eigenvalue weighted by Gasteiger charge is 2.26. The van der Waals surface area contributed by atoms with Gasteiger partial charge in [0.25, 0.3) is 0 Å². The van der Waals surface area contributed by atoms with Crippen LogP contribution in [0.25, 0.3) is 0 Å². The second kappa shape index (κ2) is 6.40. The number of carbonyl (C=O) groups is 1. The summed E-state index contributed by atoms with van der Waals surface area (Å²) in [6, 6.07) is 9.64. The lowest BCUT2D eigenvalue weighted by atomic mass is 9.92. The van der Waals surface area contributed by atoms with E-state index < -0.39 is 0 Å². The first kappa shape index (κ1) is 12.9. The molecular weight excluding hydrogens is 228 g/mol. The van der Waals surface area contributed by atoms with Gasteiger partial charge in [-0.2, -0.15) is 0 Å². The molecule has 1 amide bonds. The van der Waals surface area contributed by atoms with E-state index in [1.54, 1.807) is 0 Å². The Labute approximate surface area is 108 Å². The van der Waals surface area contributed by atoms with E-state index in [-0.39, 0.29) is 18.2 Å². The third-order valence-electron chi connectivity index (χ3n) is 3.35. The Bertz CT molecular complexity index is 381. The van der Waals surface area contributed by atoms with E-state index in [9.17, 15) is 4.79 Å². The molecule has 1 saturated carbocycles. The molecule has 0 spiro atoms. The van der Waals surface area contributed by atoms with Gasteiger partial charge in [0.05, 0.1) is 0 Å². The first-order valence-corrected chi connectivity index (χ1v) is 6.49. The van der Waals surface area contributed by atoms with Crippen molar-refractivity contribution in [3.8, 4) is 0 Å². The molecule has 18 heavy (non-hydrogen) atoms. The van der Waals surface area contributed by atoms with Crippen LogP contribution in [-0.2, 0) is 4.74 Å². The van der Waals surface area contributed by atoms with E-state index >= 15 is 0 Å². The molecule has 0 radical (unpaired) electrons. The number of nitrogens with one attached hydrogen (secondary N) is 2. The molecule has 4 heteroatoms. The van der Waals surface area contributed by atoms with Crippen LogP contribution in [0.15, 0.2) is 30.3 Å². The Morgan fingerprint density at radius 3 is 2.67 bits per heavy atom. The monoisotopic (exact) mass is 248 g/mol. The van der Waals surface area contributed by atoms with E-state index in [1.807, 2.05) is 37.4 Å². The van der Waals surface area contributed by atoms with Gasteiger partial charge in [0.2, 0.25) is 0 Å². The van der Waals surface area contributed by atoms with Gasteiger partial charge < -0.3 is 10.1 Å². The zero-order valence-electron chi connectivity index (χ0n) is 10.7. The van der Waals surface area contributed by atoms with Crippen molar-refractivity contribution in [3.05, 3.63) is 30.3 Å². The molecule has 0 saturated heterocycles. The summed E-state index contributed by atoms with van der Waals surface area (Å²) in [6.07, 6.45) is 3.95. The number of hydrogen-bond acceptors (Lipinski definition) is 3. The molecule has 98 valence electrons. The van der Waals surface area contributed by atoms with Gasteiger partial charge in [-0.1, -0.05) is 24.6 Å². The molecule has 1 aliphatic rings. The van der Waals surface area contributed by atoms with E-state index in [4.69, 9.17) is 4.74 Å². The van der Waals surface area contributed by atoms with Crippen LogP contribution in [0.4, 0.5) is 10.5 Å². The summed E-state index contributed by atoms with van der Waals surface area (Å²) in [6.45, 7) is 0. The summed E-state index contributed by atoms with van der Waals surface area (Å²) < 4.78 is 5.49. The van der Waals surface area contributed by atoms with Crippen LogP contribution >= 0.6 is 0 Å². The van der Waals surface area contributed by atoms with Gasteiger partial charge in [0.1, 0.15) is 6.10 Å². The molecule has 1 aromatic rings. The number of benzene rings is 1. The predicted molar refractivity (Wildman–Crippen MR) is 71.6 cm³/mol. The van der Waals surface area contributed by atoms with Crippen LogP contribution in [0.5, 0.6) is 0 Å². The van der Waals surface area contributed by atoms with Crippen molar-refractivity contribution in [1.29, 1.82) is 0 Å². The molecule has 1 aromatic carbocycles. The van der Waals surface area contributed by atoms with Crippen LogP contribution < -0.4 is 10.6 Å². The number of carbonyl (C=O) groups excluding carboxylic acids is 1. The Morgan fingerprint density at radius 2 is 1.94 bits per heavy atom. The fourth-order valence-electron chi connectivity index (χ4n) is 2.37. The zero-order chi connectivity index (χ0) is 12.8. The van der Waals surface area contributed by atoms with Gasteiger partial charge in [-0.05, 0) is 38.4 Å². The number of ether oxygens (including phenoxy) is 1. The highest BCUT2D eigenvalue weighted by Crippen LogP contribution is 2.21. The lowest BCUT2D eigenvalue weighted by Crippen LogP contribution is -2.43. The van der Waals surface area contributed by atoms with Crippen molar-refractivity contribution < 1.29 is 9.53 Å². The van der Waals surface area contributed by atoms with Crippen molar-refractivity contribution in [1.82, 2.24) is 5.32 Å². The lowest BCUT2D eigenvalue weighted by molar-refractivity contribution is 0.0640. The maximum absolute atomic E-state index is 11.8. The van der Waals surface area contributed by atoms with E-state index in [0.29, 0.717) is 0 Å². The summed E-state index contributed by atoms with van der Waals surface area (Å²) in [4.78, 5) is 11.8. The number of amides is 1. The largest absolute Gasteiger partial charge is 0.444 e. The van der Waals surface area contributed by atoms with Crippen molar-refractivity contribution in [2.24, 2.45) is 0 Å². The molecular formula is C14H20N2O2. The van der Waals surface area contributed by atoms with Crippen LogP contribution in [0.3, 0.4) is 0 Å². The average Bonchev–Trinajstić information content (AvgIpc) is 2.40. The summed E-state index contributed by atoms with van der Waals surface area (Å²) in [7, 11) is 1.92. The van der Waals surface area contributed by atoms with E-state index in [0.717, 1.165) is 24.9 Å². The molecule has 2 N–H and O–H groups in total. The van der Waals surface area contributed by atoms with Gasteiger partial charge in [-0.25, -0.2) is 4.79 Å². The molecule has 0 bridgehead atoms. The number of likely N-dealkylation sites (N-methyl/N-ethyl adjacent to an activating group) is 1. The van der Waals surface area contributed by atoms with Crippen LogP contribution in [0.1, 0.15) is 25.7 Å². The zero-order valence-corrected chi connectivity index (χ0v) is 10.7. The second-order valence-corrected chi connectivity index (χ2v) is 4.61. The summed E-state index contributed by atoms with van der Waals surface area (Å²) in [5.41, 5.74) is 0.763. The minimum Gasteiger partial charge on any atom is -0.444 e. The molecule has 2 rings (SSSR count). The van der Waals surface area contributed by atoms with Crippen LogP contribution in [0.2, 0.25) is 0 Å². The number of hydrogen-bond donors (Lipinski definition) is 2. The number of para-hydroxylation sites is 1. The lowest BCUT2D eigenvalue weighted by Gasteiger charge is -2.30. The third-order valence-corrected chi connectivity index (χ3v) is 3.35. The number of anilines is 1. The SMILES string of the molecule is CNC1CCCCC1OC(=O)Nc1ccccc1. The Balaban J connectivity index is 1.86. The molecule has 0 heterocycles. The van der Waals surface area contributed by atoms with Gasteiger partial charge in [-0.15, -0.1) is 0 Å². The molecule has 1 aliphatic carbocycles. The van der Waals surface area contributed by atoms with Crippen molar-refractivity contribution >= 4 is 11.8 Å². The van der Waals surface area contributed by atoms with Crippen molar-refractivity contribution in [3.63, 3.8) is 0 Å². The average molecular weight is 248 g/mol. The van der Waals surface area contributed by atoms with Gasteiger partial charge in [-0.3, -0.25) is 5.32 Å². The smallest absolute Gasteiger partial charge is 0.411 e. The predicted octanol–water partition coefficient (Wildman–Crippen LogP) is 2.77. The van der Waals surface area contributed by atoms with E-state index in [1.165, 1.54) is 6.42 Å². The highest BCUT2D eigenvalue weighted by atomic mass is 16.6. The van der Waals surface area contributed by atoms with Gasteiger partial charge >= 0.3 is 6.09 Å². The first-order valence-electron chi connectivity index (χ1n) is 6.49. The van der Waals surface area contributed by atoms with Crippen molar-refractivity contribution in [2.45, 2.75) is 37.8 Å². The molecule has 0 aromatic heterocycles. The summed E-state index contributed by atoms with van der Waals surface area (Å²) in [5.74, 6) is 0. The molecule has 2 unspecified atom stereocenters. The standard InChI is InChI=1S/C14H20N2O2/c1-15-12-9-5-6-10-13(12)18-14(17)16-11-7-3-2-4-8-11/h2-4,7-8,12-13,15H,5-6,9-10H2,1H3,(H,16,17). The molecule has 2 atom stereocenters. The second-order valence-electron chi connectivity index (χ2n) is 4.61. The Kier molecular flexibility index (Phi) is 4.59. The molecule has 4 nitrogen and oxygen atoms in total. The maximum atomic E-state index is 11.8. The van der Waals surface area contributed by atoms with E-state index in [2.05, 4.69) is 10.6 Å². The number of rotatable bonds is 3. The summed E-state index contributed by atoms with van der Waals surface area (Å²) in [5, 5.41) is 5.96. The third kappa shape index (κ3) is 3.47. The minimum absolute atomic E-state index is 0.0209. The maximum Gasteiger partial charge on any atom is 0.411 e. The molecule has 1 fully saturated rings. The Hall–Kier alpha value is -1.55. The van der Waals surface area contributed by atoms with Crippen LogP contribution in [-0.4, -0.2) is 25.3 Å². The van der Waals surface area contributed by atoms with Gasteiger partial charge in [0, 0.05) is 11.7 Å². The topological polar surface area (TPSA) is 50.4 Å². The fourth-order valence-corrected chi connectivity index (χ4v) is 2.37. The van der Waals surface area contributed by atoms with Gasteiger partial charge in [0.15, 0.2) is 0 Å².